The van der Waals surface area contributed by atoms with Crippen LogP contribution in [0.4, 0.5) is 5.82 Å². The third-order valence-corrected chi connectivity index (χ3v) is 4.99. The van der Waals surface area contributed by atoms with E-state index < -0.39 is 0 Å². The monoisotopic (exact) mass is 318 g/mol. The van der Waals surface area contributed by atoms with Crippen molar-refractivity contribution in [3.8, 4) is 0 Å². The van der Waals surface area contributed by atoms with E-state index in [4.69, 9.17) is 22.9 Å². The van der Waals surface area contributed by atoms with Crippen LogP contribution in [0, 0.1) is 6.92 Å². The smallest absolute Gasteiger partial charge is 0.137 e. The fourth-order valence-corrected chi connectivity index (χ4v) is 3.54. The van der Waals surface area contributed by atoms with Crippen LogP contribution in [0.5, 0.6) is 0 Å². The number of nitrogens with zero attached hydrogens (tertiary/aromatic N) is 2. The summed E-state index contributed by atoms with van der Waals surface area (Å²) in [5.74, 6) is 0.781. The van der Waals surface area contributed by atoms with Gasteiger partial charge < -0.3 is 11.1 Å². The standard InChI is InChI=1S/C15H18N4S2/c1-8-7-17-15(21-8)9(2)18-14-11(13(16)20)6-10-4-3-5-12(10)19-14/h6-7,9H,3-5H2,1-2H3,(H2,16,20)(H,18,19). The molecule has 2 heterocycles. The molecular weight excluding hydrogens is 300 g/mol. The number of anilines is 1. The number of nitrogens with two attached hydrogens (primary N) is 1. The summed E-state index contributed by atoms with van der Waals surface area (Å²) in [5.41, 5.74) is 9.15. The summed E-state index contributed by atoms with van der Waals surface area (Å²) in [6, 6.07) is 2.18. The second kappa shape index (κ2) is 5.69. The van der Waals surface area contributed by atoms with E-state index in [1.54, 1.807) is 11.3 Å². The van der Waals surface area contributed by atoms with E-state index in [1.807, 2.05) is 6.20 Å². The first-order valence-electron chi connectivity index (χ1n) is 7.06. The van der Waals surface area contributed by atoms with Crippen LogP contribution in [0.2, 0.25) is 0 Å². The maximum Gasteiger partial charge on any atom is 0.137 e. The summed E-state index contributed by atoms with van der Waals surface area (Å²) in [6.45, 7) is 4.14. The molecule has 0 spiro atoms. The van der Waals surface area contributed by atoms with Gasteiger partial charge in [-0.1, -0.05) is 12.2 Å². The number of rotatable bonds is 4. The topological polar surface area (TPSA) is 63.8 Å². The molecule has 0 aromatic carbocycles. The molecule has 1 aliphatic rings. The van der Waals surface area contributed by atoms with E-state index in [0.717, 1.165) is 35.7 Å². The maximum atomic E-state index is 5.87. The molecular formula is C15H18N4S2. The number of fused-ring (bicyclic) bond motifs is 1. The third-order valence-electron chi connectivity index (χ3n) is 3.68. The Labute approximate surface area is 133 Å². The number of aryl methyl sites for hydroxylation is 3. The number of thiocarbonyl (C=S) groups is 1. The van der Waals surface area contributed by atoms with Crippen LogP contribution < -0.4 is 11.1 Å². The predicted molar refractivity (Wildman–Crippen MR) is 91.0 cm³/mol. The zero-order valence-electron chi connectivity index (χ0n) is 12.1. The van der Waals surface area contributed by atoms with Gasteiger partial charge in [-0.05, 0) is 44.7 Å². The van der Waals surface area contributed by atoms with Crippen molar-refractivity contribution >= 4 is 34.4 Å². The number of nitrogens with one attached hydrogen (secondary N) is 1. The Morgan fingerprint density at radius 2 is 2.29 bits per heavy atom. The van der Waals surface area contributed by atoms with Gasteiger partial charge in [-0.25, -0.2) is 9.97 Å². The second-order valence-corrected chi connectivity index (χ2v) is 7.09. The normalized spacial score (nSPS) is 14.8. The van der Waals surface area contributed by atoms with E-state index in [9.17, 15) is 0 Å². The van der Waals surface area contributed by atoms with Crippen molar-refractivity contribution in [1.82, 2.24) is 9.97 Å². The van der Waals surface area contributed by atoms with Crippen molar-refractivity contribution in [1.29, 1.82) is 0 Å². The van der Waals surface area contributed by atoms with Gasteiger partial charge in [0.2, 0.25) is 0 Å². The molecule has 0 amide bonds. The minimum Gasteiger partial charge on any atom is -0.389 e. The van der Waals surface area contributed by atoms with Gasteiger partial charge in [-0.2, -0.15) is 0 Å². The lowest BCUT2D eigenvalue weighted by molar-refractivity contribution is 0.853. The lowest BCUT2D eigenvalue weighted by atomic mass is 10.1. The molecule has 4 nitrogen and oxygen atoms in total. The molecule has 2 aromatic heterocycles. The Balaban J connectivity index is 1.92. The number of hydrogen-bond donors (Lipinski definition) is 2. The van der Waals surface area contributed by atoms with Crippen molar-refractivity contribution in [2.24, 2.45) is 5.73 Å². The van der Waals surface area contributed by atoms with Crippen LogP contribution in [-0.4, -0.2) is 15.0 Å². The Morgan fingerprint density at radius 3 is 2.95 bits per heavy atom. The van der Waals surface area contributed by atoms with E-state index in [2.05, 4.69) is 30.2 Å². The van der Waals surface area contributed by atoms with Crippen molar-refractivity contribution in [3.05, 3.63) is 39.0 Å². The minimum absolute atomic E-state index is 0.0868. The maximum absolute atomic E-state index is 5.87. The molecule has 2 aromatic rings. The van der Waals surface area contributed by atoms with Crippen molar-refractivity contribution in [2.45, 2.75) is 39.2 Å². The van der Waals surface area contributed by atoms with Crippen LogP contribution in [0.15, 0.2) is 12.3 Å². The summed E-state index contributed by atoms with van der Waals surface area (Å²) >= 11 is 6.87. The van der Waals surface area contributed by atoms with Gasteiger partial charge in [-0.3, -0.25) is 0 Å². The second-order valence-electron chi connectivity index (χ2n) is 5.38. The quantitative estimate of drug-likeness (QED) is 0.848. The lowest BCUT2D eigenvalue weighted by Gasteiger charge is -2.16. The molecule has 1 atom stereocenters. The third kappa shape index (κ3) is 2.91. The lowest BCUT2D eigenvalue weighted by Crippen LogP contribution is -2.17. The van der Waals surface area contributed by atoms with Gasteiger partial charge >= 0.3 is 0 Å². The molecule has 0 radical (unpaired) electrons. The molecule has 0 saturated carbocycles. The average molecular weight is 318 g/mol. The van der Waals surface area contributed by atoms with Crippen LogP contribution in [0.3, 0.4) is 0 Å². The number of pyridine rings is 1. The van der Waals surface area contributed by atoms with Crippen molar-refractivity contribution in [3.63, 3.8) is 0 Å². The largest absolute Gasteiger partial charge is 0.389 e. The molecule has 3 rings (SSSR count). The van der Waals surface area contributed by atoms with Gasteiger partial charge in [0.05, 0.1) is 11.6 Å². The molecule has 0 fully saturated rings. The molecule has 110 valence electrons. The highest BCUT2D eigenvalue weighted by molar-refractivity contribution is 7.80. The summed E-state index contributed by atoms with van der Waals surface area (Å²) < 4.78 is 0. The molecule has 1 unspecified atom stereocenters. The molecule has 0 bridgehead atoms. The van der Waals surface area contributed by atoms with Crippen LogP contribution in [0.25, 0.3) is 0 Å². The van der Waals surface area contributed by atoms with Gasteiger partial charge in [0.15, 0.2) is 0 Å². The van der Waals surface area contributed by atoms with Gasteiger partial charge in [0.1, 0.15) is 15.8 Å². The summed E-state index contributed by atoms with van der Waals surface area (Å²) in [6.07, 6.45) is 5.15. The molecule has 1 aliphatic carbocycles. The fraction of sp³-hybridized carbons (Fsp3) is 0.400. The number of aromatic nitrogens is 2. The van der Waals surface area contributed by atoms with Gasteiger partial charge in [0.25, 0.3) is 0 Å². The number of thiazole rings is 1. The Bertz CT molecular complexity index is 693. The molecule has 3 N–H and O–H groups in total. The fourth-order valence-electron chi connectivity index (χ4n) is 2.61. The number of hydrogen-bond acceptors (Lipinski definition) is 5. The van der Waals surface area contributed by atoms with E-state index in [-0.39, 0.29) is 6.04 Å². The Morgan fingerprint density at radius 1 is 1.48 bits per heavy atom. The van der Waals surface area contributed by atoms with Gasteiger partial charge in [-0.15, -0.1) is 11.3 Å². The van der Waals surface area contributed by atoms with E-state index >= 15 is 0 Å². The highest BCUT2D eigenvalue weighted by Gasteiger charge is 2.19. The first-order chi connectivity index (χ1) is 10.0. The van der Waals surface area contributed by atoms with Crippen molar-refractivity contribution in [2.75, 3.05) is 5.32 Å². The average Bonchev–Trinajstić information content (AvgIpc) is 3.05. The molecule has 0 saturated heterocycles. The molecule has 6 heteroatoms. The van der Waals surface area contributed by atoms with Crippen LogP contribution in [0.1, 0.15) is 46.1 Å². The zero-order chi connectivity index (χ0) is 15.0. The first kappa shape index (κ1) is 14.4. The van der Waals surface area contributed by atoms with Crippen LogP contribution >= 0.6 is 23.6 Å². The first-order valence-corrected chi connectivity index (χ1v) is 8.28. The Kier molecular flexibility index (Phi) is 3.91. The van der Waals surface area contributed by atoms with Gasteiger partial charge in [0, 0.05) is 16.8 Å². The summed E-state index contributed by atoms with van der Waals surface area (Å²) in [7, 11) is 0. The summed E-state index contributed by atoms with van der Waals surface area (Å²) in [5, 5.41) is 4.47. The Hall–Kier alpha value is -1.53. The predicted octanol–water partition coefficient (Wildman–Crippen LogP) is 3.14. The molecule has 0 aliphatic heterocycles. The highest BCUT2D eigenvalue weighted by Crippen LogP contribution is 2.28. The molecule has 21 heavy (non-hydrogen) atoms. The van der Waals surface area contributed by atoms with E-state index in [1.165, 1.54) is 16.1 Å². The van der Waals surface area contributed by atoms with E-state index in [0.29, 0.717) is 4.99 Å². The summed E-state index contributed by atoms with van der Waals surface area (Å²) in [4.78, 5) is 10.8. The van der Waals surface area contributed by atoms with Crippen molar-refractivity contribution < 1.29 is 0 Å². The SMILES string of the molecule is Cc1cnc(C(C)Nc2nc3c(cc2C(N)=S)CCC3)s1. The zero-order valence-corrected chi connectivity index (χ0v) is 13.8. The van der Waals surface area contributed by atoms with Crippen LogP contribution in [-0.2, 0) is 12.8 Å². The highest BCUT2D eigenvalue weighted by atomic mass is 32.1. The minimum atomic E-state index is 0.0868.